The van der Waals surface area contributed by atoms with Crippen molar-refractivity contribution in [1.29, 1.82) is 0 Å². The quantitative estimate of drug-likeness (QED) is 0.564. The Morgan fingerprint density at radius 2 is 1.94 bits per heavy atom. The minimum Gasteiger partial charge on any atom is -1.00 e. The van der Waals surface area contributed by atoms with Gasteiger partial charge >= 0.3 is 0 Å². The van der Waals surface area contributed by atoms with Crippen LogP contribution in [0.15, 0.2) is 24.4 Å². The Kier molecular flexibility index (Phi) is 3.96. The first-order valence-electron chi connectivity index (χ1n) is 5.02. The van der Waals surface area contributed by atoms with Gasteiger partial charge in [-0.2, -0.15) is 0 Å². The molecule has 2 nitrogen and oxygen atoms in total. The Bertz CT molecular complexity index is 485. The highest BCUT2D eigenvalue weighted by Gasteiger charge is 2.12. The molecule has 16 heavy (non-hydrogen) atoms. The predicted molar refractivity (Wildman–Crippen MR) is 60.0 cm³/mol. The molecule has 0 unspecified atom stereocenters. The molecule has 0 spiro atoms. The first kappa shape index (κ1) is 13.4. The summed E-state index contributed by atoms with van der Waals surface area (Å²) in [5.74, 6) is -0.193. The van der Waals surface area contributed by atoms with Crippen molar-refractivity contribution in [2.24, 2.45) is 0 Å². The highest BCUT2D eigenvalue weighted by atomic mass is 127. The Balaban J connectivity index is 0.00000128. The van der Waals surface area contributed by atoms with Gasteiger partial charge in [-0.1, -0.05) is 0 Å². The van der Waals surface area contributed by atoms with E-state index < -0.39 is 0 Å². The molecule has 0 amide bonds. The van der Waals surface area contributed by atoms with Crippen LogP contribution in [0.5, 0.6) is 0 Å². The van der Waals surface area contributed by atoms with Gasteiger partial charge in [0.25, 0.3) is 0 Å². The van der Waals surface area contributed by atoms with E-state index >= 15 is 0 Å². The minimum absolute atomic E-state index is 0. The summed E-state index contributed by atoms with van der Waals surface area (Å²) in [7, 11) is 6.42. The van der Waals surface area contributed by atoms with Crippen LogP contribution < -0.4 is 24.0 Å². The molecule has 0 radical (unpaired) electrons. The van der Waals surface area contributed by atoms with E-state index in [4.69, 9.17) is 0 Å². The average Bonchev–Trinajstić information content (AvgIpc) is 2.45. The van der Waals surface area contributed by atoms with Crippen LogP contribution >= 0.6 is 0 Å². The molecule has 1 N–H and O–H groups in total. The summed E-state index contributed by atoms with van der Waals surface area (Å²) in [6.07, 6.45) is 1.97. The molecule has 2 aromatic rings. The molecule has 0 fully saturated rings. The highest BCUT2D eigenvalue weighted by molar-refractivity contribution is 5.83. The van der Waals surface area contributed by atoms with Crippen molar-refractivity contribution in [3.63, 3.8) is 0 Å². The normalized spacial score (nSPS) is 11.5. The van der Waals surface area contributed by atoms with E-state index in [0.717, 1.165) is 21.9 Å². The van der Waals surface area contributed by atoms with E-state index in [1.807, 2.05) is 12.3 Å². The Labute approximate surface area is 112 Å². The van der Waals surface area contributed by atoms with Crippen molar-refractivity contribution in [1.82, 2.24) is 4.98 Å². The van der Waals surface area contributed by atoms with E-state index in [-0.39, 0.29) is 29.8 Å². The van der Waals surface area contributed by atoms with Crippen molar-refractivity contribution in [2.75, 3.05) is 21.1 Å². The minimum atomic E-state index is -0.193. The molecule has 1 aromatic carbocycles. The third-order valence-electron chi connectivity index (χ3n) is 2.37. The number of quaternary nitrogens is 1. The van der Waals surface area contributed by atoms with Crippen LogP contribution in [0, 0.1) is 5.82 Å². The zero-order valence-electron chi connectivity index (χ0n) is 9.72. The summed E-state index contributed by atoms with van der Waals surface area (Å²) in [6.45, 7) is 0.936. The van der Waals surface area contributed by atoms with Crippen molar-refractivity contribution in [2.45, 2.75) is 6.54 Å². The lowest BCUT2D eigenvalue weighted by atomic mass is 10.1. The van der Waals surface area contributed by atoms with Gasteiger partial charge in [0.1, 0.15) is 12.4 Å². The summed E-state index contributed by atoms with van der Waals surface area (Å²) in [5, 5.41) is 1.12. The molecule has 0 saturated heterocycles. The lowest BCUT2D eigenvalue weighted by Crippen LogP contribution is -3.00. The van der Waals surface area contributed by atoms with E-state index in [2.05, 4.69) is 26.1 Å². The number of benzene rings is 1. The number of nitrogens with one attached hydrogen (secondary N) is 1. The maximum atomic E-state index is 13.0. The molecule has 0 aliphatic heterocycles. The van der Waals surface area contributed by atoms with E-state index in [9.17, 15) is 4.39 Å². The summed E-state index contributed by atoms with van der Waals surface area (Å²) >= 11 is 0. The topological polar surface area (TPSA) is 15.8 Å². The number of nitrogens with zero attached hydrogens (tertiary/aromatic N) is 1. The SMILES string of the molecule is C[N+](C)(C)Cc1c[nH]c2cc(F)ccc12.[I-]. The van der Waals surface area contributed by atoms with Gasteiger partial charge in [-0.15, -0.1) is 0 Å². The van der Waals surface area contributed by atoms with Gasteiger partial charge < -0.3 is 33.4 Å². The first-order valence-corrected chi connectivity index (χ1v) is 5.02. The number of halogens is 2. The van der Waals surface area contributed by atoms with Gasteiger partial charge in [-0.05, 0) is 18.2 Å². The Morgan fingerprint density at radius 1 is 1.25 bits per heavy atom. The van der Waals surface area contributed by atoms with Gasteiger partial charge in [0.2, 0.25) is 0 Å². The van der Waals surface area contributed by atoms with Crippen molar-refractivity contribution >= 4 is 10.9 Å². The molecule has 1 aromatic heterocycles. The predicted octanol–water partition coefficient (Wildman–Crippen LogP) is -0.483. The molecular formula is C12H16FIN2. The lowest BCUT2D eigenvalue weighted by Gasteiger charge is -2.23. The van der Waals surface area contributed by atoms with Gasteiger partial charge in [0.15, 0.2) is 0 Å². The fourth-order valence-electron chi connectivity index (χ4n) is 1.80. The summed E-state index contributed by atoms with van der Waals surface area (Å²) in [6, 6.07) is 4.88. The zero-order valence-corrected chi connectivity index (χ0v) is 11.9. The summed E-state index contributed by atoms with van der Waals surface area (Å²) < 4.78 is 13.8. The number of H-pyrrole nitrogens is 1. The molecule has 0 aliphatic rings. The molecular weight excluding hydrogens is 318 g/mol. The van der Waals surface area contributed by atoms with Gasteiger partial charge in [-0.25, -0.2) is 4.39 Å². The number of hydrogen-bond acceptors (Lipinski definition) is 0. The van der Waals surface area contributed by atoms with Crippen LogP contribution in [-0.4, -0.2) is 30.6 Å². The lowest BCUT2D eigenvalue weighted by molar-refractivity contribution is -0.883. The Hall–Kier alpha value is -0.620. The monoisotopic (exact) mass is 334 g/mol. The summed E-state index contributed by atoms with van der Waals surface area (Å²) in [5.41, 5.74) is 2.11. The number of aromatic nitrogens is 1. The second kappa shape index (κ2) is 4.71. The molecule has 0 bridgehead atoms. The average molecular weight is 334 g/mol. The maximum Gasteiger partial charge on any atom is 0.125 e. The zero-order chi connectivity index (χ0) is 11.1. The van der Waals surface area contributed by atoms with Crippen LogP contribution in [0.4, 0.5) is 4.39 Å². The number of fused-ring (bicyclic) bond motifs is 1. The van der Waals surface area contributed by atoms with Crippen molar-refractivity contribution in [3.8, 4) is 0 Å². The van der Waals surface area contributed by atoms with Gasteiger partial charge in [-0.3, -0.25) is 0 Å². The smallest absolute Gasteiger partial charge is 0.125 e. The largest absolute Gasteiger partial charge is 1.00 e. The summed E-state index contributed by atoms with van der Waals surface area (Å²) in [4.78, 5) is 3.10. The molecule has 4 heteroatoms. The fourth-order valence-corrected chi connectivity index (χ4v) is 1.80. The van der Waals surface area contributed by atoms with Crippen LogP contribution in [0.2, 0.25) is 0 Å². The molecule has 0 saturated carbocycles. The molecule has 0 aliphatic carbocycles. The van der Waals surface area contributed by atoms with Crippen LogP contribution in [0.1, 0.15) is 5.56 Å². The third-order valence-corrected chi connectivity index (χ3v) is 2.37. The van der Waals surface area contributed by atoms with Crippen molar-refractivity contribution in [3.05, 3.63) is 35.8 Å². The van der Waals surface area contributed by atoms with Crippen molar-refractivity contribution < 1.29 is 32.9 Å². The highest BCUT2D eigenvalue weighted by Crippen LogP contribution is 2.21. The van der Waals surface area contributed by atoms with Crippen LogP contribution in [0.3, 0.4) is 0 Å². The molecule has 2 rings (SSSR count). The van der Waals surface area contributed by atoms with E-state index in [1.165, 1.54) is 17.7 Å². The Morgan fingerprint density at radius 3 is 2.56 bits per heavy atom. The van der Waals surface area contributed by atoms with E-state index in [0.29, 0.717) is 0 Å². The molecule has 0 atom stereocenters. The first-order chi connectivity index (χ1) is 6.96. The second-order valence-electron chi connectivity index (χ2n) is 4.95. The fraction of sp³-hybridized carbons (Fsp3) is 0.333. The maximum absolute atomic E-state index is 13.0. The van der Waals surface area contributed by atoms with Gasteiger partial charge in [0, 0.05) is 22.7 Å². The second-order valence-corrected chi connectivity index (χ2v) is 4.95. The van der Waals surface area contributed by atoms with Crippen LogP contribution in [0.25, 0.3) is 10.9 Å². The number of hydrogen-bond donors (Lipinski definition) is 1. The van der Waals surface area contributed by atoms with Gasteiger partial charge in [0.05, 0.1) is 21.1 Å². The van der Waals surface area contributed by atoms with Crippen LogP contribution in [-0.2, 0) is 6.54 Å². The number of aromatic amines is 1. The molecule has 88 valence electrons. The standard InChI is InChI=1S/C12H16FN2.HI/c1-15(2,3)8-9-7-14-12-6-10(13)4-5-11(9)12;/h4-7,14H,8H2,1-3H3;1H/q+1;/p-1. The molecule has 1 heterocycles. The number of rotatable bonds is 2. The third kappa shape index (κ3) is 2.95. The van der Waals surface area contributed by atoms with E-state index in [1.54, 1.807) is 0 Å².